The predicted molar refractivity (Wildman–Crippen MR) is 83.0 cm³/mol. The standard InChI is InChI=1S/C16H25N3O/c1-5-12(2)14(17-3)11-19-15-9-7-6-8-13(15)10-18(4)16(19)20/h6-9,12,14,17H,5,10-11H2,1-4H3. The van der Waals surface area contributed by atoms with Crippen LogP contribution in [0.2, 0.25) is 0 Å². The Kier molecular flexibility index (Phi) is 4.65. The lowest BCUT2D eigenvalue weighted by atomic mass is 9.98. The van der Waals surface area contributed by atoms with E-state index in [0.717, 1.165) is 12.1 Å². The van der Waals surface area contributed by atoms with Gasteiger partial charge in [0.1, 0.15) is 0 Å². The topological polar surface area (TPSA) is 35.6 Å². The van der Waals surface area contributed by atoms with Crippen molar-refractivity contribution in [3.63, 3.8) is 0 Å². The number of fused-ring (bicyclic) bond motifs is 1. The van der Waals surface area contributed by atoms with Gasteiger partial charge in [-0.1, -0.05) is 38.5 Å². The van der Waals surface area contributed by atoms with Gasteiger partial charge in [-0.2, -0.15) is 0 Å². The number of hydrogen-bond donors (Lipinski definition) is 1. The number of hydrogen-bond acceptors (Lipinski definition) is 2. The zero-order chi connectivity index (χ0) is 14.7. The molecule has 2 unspecified atom stereocenters. The van der Waals surface area contributed by atoms with Crippen LogP contribution in [0.25, 0.3) is 0 Å². The number of anilines is 1. The lowest BCUT2D eigenvalue weighted by molar-refractivity contribution is 0.208. The van der Waals surface area contributed by atoms with E-state index in [1.165, 1.54) is 5.56 Å². The first-order chi connectivity index (χ1) is 9.58. The molecular weight excluding hydrogens is 250 g/mol. The number of carbonyl (C=O) groups is 1. The number of nitrogens with zero attached hydrogens (tertiary/aromatic N) is 2. The smallest absolute Gasteiger partial charge is 0.323 e. The highest BCUT2D eigenvalue weighted by atomic mass is 16.2. The van der Waals surface area contributed by atoms with Gasteiger partial charge in [0, 0.05) is 26.2 Å². The van der Waals surface area contributed by atoms with Crippen LogP contribution in [0.1, 0.15) is 25.8 Å². The van der Waals surface area contributed by atoms with Crippen LogP contribution in [-0.4, -0.2) is 37.6 Å². The van der Waals surface area contributed by atoms with Crippen molar-refractivity contribution in [1.29, 1.82) is 0 Å². The summed E-state index contributed by atoms with van der Waals surface area (Å²) in [7, 11) is 3.84. The maximum atomic E-state index is 12.5. The van der Waals surface area contributed by atoms with Crippen LogP contribution in [0.5, 0.6) is 0 Å². The third-order valence-corrected chi connectivity index (χ3v) is 4.33. The fraction of sp³-hybridized carbons (Fsp3) is 0.562. The fourth-order valence-corrected chi connectivity index (χ4v) is 2.75. The van der Waals surface area contributed by atoms with Crippen molar-refractivity contribution in [2.45, 2.75) is 32.9 Å². The first kappa shape index (κ1) is 14.9. The second-order valence-corrected chi connectivity index (χ2v) is 5.66. The molecule has 1 aliphatic rings. The highest BCUT2D eigenvalue weighted by Crippen LogP contribution is 2.28. The Balaban J connectivity index is 2.27. The molecule has 4 heteroatoms. The minimum atomic E-state index is 0.0900. The molecule has 1 heterocycles. The minimum absolute atomic E-state index is 0.0900. The van der Waals surface area contributed by atoms with E-state index in [1.54, 1.807) is 4.90 Å². The summed E-state index contributed by atoms with van der Waals surface area (Å²) in [5.41, 5.74) is 2.27. The molecule has 0 radical (unpaired) electrons. The summed E-state index contributed by atoms with van der Waals surface area (Å²) >= 11 is 0. The van der Waals surface area contributed by atoms with Crippen molar-refractivity contribution in [2.24, 2.45) is 5.92 Å². The first-order valence-corrected chi connectivity index (χ1v) is 7.36. The van der Waals surface area contributed by atoms with Crippen LogP contribution < -0.4 is 10.2 Å². The Bertz CT molecular complexity index is 475. The van der Waals surface area contributed by atoms with Gasteiger partial charge in [0.2, 0.25) is 0 Å². The van der Waals surface area contributed by atoms with Gasteiger partial charge in [0.05, 0.1) is 5.69 Å². The summed E-state index contributed by atoms with van der Waals surface area (Å²) in [6.07, 6.45) is 1.10. The zero-order valence-electron chi connectivity index (χ0n) is 12.9. The molecule has 0 aromatic heterocycles. The van der Waals surface area contributed by atoms with E-state index in [2.05, 4.69) is 25.2 Å². The van der Waals surface area contributed by atoms with E-state index < -0.39 is 0 Å². The summed E-state index contributed by atoms with van der Waals surface area (Å²) in [4.78, 5) is 16.2. The van der Waals surface area contributed by atoms with Crippen molar-refractivity contribution >= 4 is 11.7 Å². The Morgan fingerprint density at radius 1 is 1.35 bits per heavy atom. The van der Waals surface area contributed by atoms with Crippen LogP contribution in [-0.2, 0) is 6.54 Å². The van der Waals surface area contributed by atoms with Crippen LogP contribution in [0.4, 0.5) is 10.5 Å². The maximum absolute atomic E-state index is 12.5. The third-order valence-electron chi connectivity index (χ3n) is 4.33. The molecular formula is C16H25N3O. The molecule has 2 amide bonds. The monoisotopic (exact) mass is 275 g/mol. The molecule has 0 aliphatic carbocycles. The summed E-state index contributed by atoms with van der Waals surface area (Å²) in [6.45, 7) is 5.82. The molecule has 1 aromatic rings. The quantitative estimate of drug-likeness (QED) is 0.897. The average molecular weight is 275 g/mol. The summed E-state index contributed by atoms with van der Waals surface area (Å²) in [6, 6.07) is 8.58. The van der Waals surface area contributed by atoms with Crippen molar-refractivity contribution in [2.75, 3.05) is 25.5 Å². The van der Waals surface area contributed by atoms with E-state index in [9.17, 15) is 4.79 Å². The van der Waals surface area contributed by atoms with Crippen molar-refractivity contribution in [1.82, 2.24) is 10.2 Å². The molecule has 0 fully saturated rings. The number of rotatable bonds is 5. The summed E-state index contributed by atoms with van der Waals surface area (Å²) < 4.78 is 0. The van der Waals surface area contributed by atoms with E-state index in [4.69, 9.17) is 0 Å². The lowest BCUT2D eigenvalue weighted by Gasteiger charge is -2.38. The molecule has 1 aromatic carbocycles. The van der Waals surface area contributed by atoms with Gasteiger partial charge in [0.25, 0.3) is 0 Å². The Hall–Kier alpha value is -1.55. The maximum Gasteiger partial charge on any atom is 0.324 e. The molecule has 0 saturated carbocycles. The van der Waals surface area contributed by atoms with Crippen LogP contribution in [0, 0.1) is 5.92 Å². The van der Waals surface area contributed by atoms with E-state index in [1.807, 2.05) is 37.2 Å². The molecule has 2 rings (SSSR count). The predicted octanol–water partition coefficient (Wildman–Crippen LogP) is 2.69. The number of amides is 2. The third kappa shape index (κ3) is 2.80. The molecule has 0 saturated heterocycles. The average Bonchev–Trinajstić information content (AvgIpc) is 2.47. The fourth-order valence-electron chi connectivity index (χ4n) is 2.75. The van der Waals surface area contributed by atoms with Crippen LogP contribution >= 0.6 is 0 Å². The van der Waals surface area contributed by atoms with Crippen molar-refractivity contribution in [3.05, 3.63) is 29.8 Å². The molecule has 2 atom stereocenters. The number of carbonyl (C=O) groups excluding carboxylic acids is 1. The van der Waals surface area contributed by atoms with Gasteiger partial charge in [-0.25, -0.2) is 4.79 Å². The highest BCUT2D eigenvalue weighted by molar-refractivity contribution is 5.94. The van der Waals surface area contributed by atoms with Gasteiger partial charge in [-0.05, 0) is 24.6 Å². The van der Waals surface area contributed by atoms with E-state index >= 15 is 0 Å². The molecule has 1 N–H and O–H groups in total. The zero-order valence-corrected chi connectivity index (χ0v) is 12.9. The second-order valence-electron chi connectivity index (χ2n) is 5.66. The van der Waals surface area contributed by atoms with Crippen molar-refractivity contribution in [3.8, 4) is 0 Å². The van der Waals surface area contributed by atoms with Gasteiger partial charge in [-0.3, -0.25) is 4.90 Å². The number of likely N-dealkylation sites (N-methyl/N-ethyl adjacent to an activating group) is 1. The number of urea groups is 1. The molecule has 1 aliphatic heterocycles. The number of nitrogens with one attached hydrogen (secondary N) is 1. The van der Waals surface area contributed by atoms with Crippen LogP contribution in [0.3, 0.4) is 0 Å². The Morgan fingerprint density at radius 3 is 2.70 bits per heavy atom. The highest BCUT2D eigenvalue weighted by Gasteiger charge is 2.30. The van der Waals surface area contributed by atoms with Gasteiger partial charge in [0.15, 0.2) is 0 Å². The Labute approximate surface area is 121 Å². The largest absolute Gasteiger partial charge is 0.324 e. The van der Waals surface area contributed by atoms with Gasteiger partial charge >= 0.3 is 6.03 Å². The van der Waals surface area contributed by atoms with Gasteiger partial charge < -0.3 is 10.2 Å². The molecule has 20 heavy (non-hydrogen) atoms. The minimum Gasteiger partial charge on any atom is -0.323 e. The second kappa shape index (κ2) is 6.27. The molecule has 110 valence electrons. The lowest BCUT2D eigenvalue weighted by Crippen LogP contribution is -2.51. The SMILES string of the molecule is CCC(C)C(CN1C(=O)N(C)Cc2ccccc21)NC. The molecule has 4 nitrogen and oxygen atoms in total. The van der Waals surface area contributed by atoms with E-state index in [-0.39, 0.29) is 6.03 Å². The first-order valence-electron chi connectivity index (χ1n) is 7.36. The normalized spacial score (nSPS) is 17.9. The van der Waals surface area contributed by atoms with Gasteiger partial charge in [-0.15, -0.1) is 0 Å². The summed E-state index contributed by atoms with van der Waals surface area (Å²) in [5, 5.41) is 3.35. The number of benzene rings is 1. The molecule has 0 bridgehead atoms. The van der Waals surface area contributed by atoms with Crippen molar-refractivity contribution < 1.29 is 4.79 Å². The van der Waals surface area contributed by atoms with E-state index in [0.29, 0.717) is 25.0 Å². The Morgan fingerprint density at radius 2 is 2.05 bits per heavy atom. The number of para-hydroxylation sites is 1. The van der Waals surface area contributed by atoms with Crippen LogP contribution in [0.15, 0.2) is 24.3 Å². The molecule has 0 spiro atoms. The summed E-state index contributed by atoms with van der Waals surface area (Å²) in [5.74, 6) is 0.534.